The van der Waals surface area contributed by atoms with E-state index in [2.05, 4.69) is 34.6 Å². The van der Waals surface area contributed by atoms with Gasteiger partial charge in [0.2, 0.25) is 0 Å². The number of carbonyl (C=O) groups is 1. The molecule has 0 saturated heterocycles. The van der Waals surface area contributed by atoms with Crippen molar-refractivity contribution in [3.05, 3.63) is 58.7 Å². The van der Waals surface area contributed by atoms with E-state index in [9.17, 15) is 4.79 Å². The molecule has 0 spiro atoms. The number of hydrogen-bond donors (Lipinski definition) is 1. The standard InChI is InChI=1S/C21H25N3O2/c1-26-21(25)17-13-23-20(14-7-3-2-4-8-14)24-19(17)18-11-15-9-5-6-10-16(15)12-22-18/h5-6,9-10,13-14,18,22H,2-4,7-8,11-12H2,1H3. The largest absolute Gasteiger partial charge is 0.465 e. The molecule has 136 valence electrons. The first-order valence-electron chi connectivity index (χ1n) is 9.51. The molecular weight excluding hydrogens is 326 g/mol. The fourth-order valence-corrected chi connectivity index (χ4v) is 4.15. The minimum absolute atomic E-state index is 0.00402. The molecule has 5 heteroatoms. The number of carbonyl (C=O) groups excluding carboxylic acids is 1. The summed E-state index contributed by atoms with van der Waals surface area (Å²) >= 11 is 0. The molecule has 1 atom stereocenters. The molecule has 0 amide bonds. The summed E-state index contributed by atoms with van der Waals surface area (Å²) in [6.07, 6.45) is 8.52. The number of esters is 1. The summed E-state index contributed by atoms with van der Waals surface area (Å²) in [5, 5.41) is 3.54. The van der Waals surface area contributed by atoms with Crippen molar-refractivity contribution in [1.29, 1.82) is 0 Å². The molecule has 1 aromatic carbocycles. The first kappa shape index (κ1) is 17.2. The summed E-state index contributed by atoms with van der Waals surface area (Å²) in [7, 11) is 1.41. The van der Waals surface area contributed by atoms with Gasteiger partial charge in [-0.1, -0.05) is 43.5 Å². The van der Waals surface area contributed by atoms with Crippen LogP contribution in [0.25, 0.3) is 0 Å². The third-order valence-electron chi connectivity index (χ3n) is 5.62. The van der Waals surface area contributed by atoms with Gasteiger partial charge >= 0.3 is 5.97 Å². The number of rotatable bonds is 3. The van der Waals surface area contributed by atoms with Crippen LogP contribution in [0.3, 0.4) is 0 Å². The normalized spacial score (nSPS) is 20.4. The van der Waals surface area contributed by atoms with Gasteiger partial charge in [-0.2, -0.15) is 0 Å². The topological polar surface area (TPSA) is 64.1 Å². The van der Waals surface area contributed by atoms with E-state index in [-0.39, 0.29) is 12.0 Å². The second-order valence-corrected chi connectivity index (χ2v) is 7.26. The molecule has 26 heavy (non-hydrogen) atoms. The van der Waals surface area contributed by atoms with Crippen LogP contribution in [0, 0.1) is 0 Å². The minimum atomic E-state index is -0.365. The average molecular weight is 351 g/mol. The zero-order valence-corrected chi connectivity index (χ0v) is 15.2. The fourth-order valence-electron chi connectivity index (χ4n) is 4.15. The number of ether oxygens (including phenoxy) is 1. The maximum Gasteiger partial charge on any atom is 0.341 e. The molecule has 4 rings (SSSR count). The number of aromatic nitrogens is 2. The molecule has 1 aliphatic carbocycles. The van der Waals surface area contributed by atoms with Crippen LogP contribution in [-0.4, -0.2) is 23.0 Å². The number of benzene rings is 1. The highest BCUT2D eigenvalue weighted by Gasteiger charge is 2.28. The van der Waals surface area contributed by atoms with Crippen molar-refractivity contribution in [2.45, 2.75) is 57.0 Å². The van der Waals surface area contributed by atoms with Crippen LogP contribution in [0.2, 0.25) is 0 Å². The Bertz CT molecular complexity index is 800. The summed E-state index contributed by atoms with van der Waals surface area (Å²) in [5.74, 6) is 0.925. The van der Waals surface area contributed by atoms with E-state index in [4.69, 9.17) is 9.72 Å². The predicted molar refractivity (Wildman–Crippen MR) is 98.9 cm³/mol. The highest BCUT2D eigenvalue weighted by molar-refractivity contribution is 5.90. The van der Waals surface area contributed by atoms with Gasteiger partial charge in [0, 0.05) is 18.7 Å². The Balaban J connectivity index is 1.69. The predicted octanol–water partition coefficient (Wildman–Crippen LogP) is 3.70. The van der Waals surface area contributed by atoms with Crippen LogP contribution >= 0.6 is 0 Å². The summed E-state index contributed by atoms with van der Waals surface area (Å²) in [5.41, 5.74) is 3.88. The van der Waals surface area contributed by atoms with Gasteiger partial charge in [0.25, 0.3) is 0 Å². The third kappa shape index (κ3) is 3.36. The van der Waals surface area contributed by atoms with E-state index in [1.54, 1.807) is 6.20 Å². The lowest BCUT2D eigenvalue weighted by Gasteiger charge is -2.28. The molecule has 5 nitrogen and oxygen atoms in total. The Morgan fingerprint density at radius 1 is 1.15 bits per heavy atom. The van der Waals surface area contributed by atoms with Crippen LogP contribution in [0.1, 0.15) is 77.1 Å². The molecule has 1 N–H and O–H groups in total. The monoisotopic (exact) mass is 351 g/mol. The molecule has 2 aromatic rings. The quantitative estimate of drug-likeness (QED) is 0.854. The van der Waals surface area contributed by atoms with Crippen LogP contribution in [0.5, 0.6) is 0 Å². The summed E-state index contributed by atoms with van der Waals surface area (Å²) in [6.45, 7) is 0.782. The van der Waals surface area contributed by atoms with E-state index in [1.165, 1.54) is 37.5 Å². The van der Waals surface area contributed by atoms with Gasteiger partial charge in [-0.15, -0.1) is 0 Å². The Labute approximate surface area is 154 Å². The first-order chi connectivity index (χ1) is 12.8. The Morgan fingerprint density at radius 2 is 1.92 bits per heavy atom. The Kier molecular flexibility index (Phi) is 4.98. The van der Waals surface area contributed by atoms with Crippen molar-refractivity contribution in [3.8, 4) is 0 Å². The molecule has 1 aromatic heterocycles. The van der Waals surface area contributed by atoms with E-state index in [1.807, 2.05) is 0 Å². The molecular formula is C21H25N3O2. The van der Waals surface area contributed by atoms with Gasteiger partial charge in [-0.05, 0) is 30.4 Å². The zero-order valence-electron chi connectivity index (χ0n) is 15.2. The molecule has 2 heterocycles. The highest BCUT2D eigenvalue weighted by Crippen LogP contribution is 2.33. The van der Waals surface area contributed by atoms with Crippen LogP contribution < -0.4 is 5.32 Å². The smallest absolute Gasteiger partial charge is 0.341 e. The van der Waals surface area contributed by atoms with Gasteiger partial charge in [-0.3, -0.25) is 0 Å². The maximum atomic E-state index is 12.3. The SMILES string of the molecule is COC(=O)c1cnc(C2CCCCC2)nc1C1Cc2ccccc2CN1. The zero-order chi connectivity index (χ0) is 17.9. The Morgan fingerprint density at radius 3 is 2.69 bits per heavy atom. The van der Waals surface area contributed by atoms with Crippen LogP contribution in [-0.2, 0) is 17.7 Å². The molecule has 1 unspecified atom stereocenters. The van der Waals surface area contributed by atoms with Crippen molar-refractivity contribution >= 4 is 5.97 Å². The van der Waals surface area contributed by atoms with Crippen LogP contribution in [0.4, 0.5) is 0 Å². The van der Waals surface area contributed by atoms with E-state index in [0.717, 1.165) is 37.3 Å². The number of methoxy groups -OCH3 is 1. The van der Waals surface area contributed by atoms with Crippen molar-refractivity contribution in [2.75, 3.05) is 7.11 Å². The lowest BCUT2D eigenvalue weighted by atomic mass is 9.88. The molecule has 1 aliphatic heterocycles. The van der Waals surface area contributed by atoms with Gasteiger partial charge in [0.1, 0.15) is 11.4 Å². The molecule has 1 saturated carbocycles. The van der Waals surface area contributed by atoms with Crippen molar-refractivity contribution in [2.24, 2.45) is 0 Å². The van der Waals surface area contributed by atoms with Gasteiger partial charge in [0.15, 0.2) is 0 Å². The van der Waals surface area contributed by atoms with Gasteiger partial charge in [0.05, 0.1) is 18.8 Å². The van der Waals surface area contributed by atoms with Gasteiger partial charge < -0.3 is 10.1 Å². The molecule has 1 fully saturated rings. The number of hydrogen-bond acceptors (Lipinski definition) is 5. The lowest BCUT2D eigenvalue weighted by Crippen LogP contribution is -2.31. The molecule has 0 radical (unpaired) electrons. The van der Waals surface area contributed by atoms with E-state index >= 15 is 0 Å². The third-order valence-corrected chi connectivity index (χ3v) is 5.62. The lowest BCUT2D eigenvalue weighted by molar-refractivity contribution is 0.0597. The number of nitrogens with zero attached hydrogens (tertiary/aromatic N) is 2. The number of nitrogens with one attached hydrogen (secondary N) is 1. The van der Waals surface area contributed by atoms with Crippen LogP contribution in [0.15, 0.2) is 30.5 Å². The Hall–Kier alpha value is -2.27. The second-order valence-electron chi connectivity index (χ2n) is 7.26. The molecule has 0 bridgehead atoms. The van der Waals surface area contributed by atoms with E-state index < -0.39 is 0 Å². The molecule has 2 aliphatic rings. The van der Waals surface area contributed by atoms with Crippen molar-refractivity contribution < 1.29 is 9.53 Å². The first-order valence-corrected chi connectivity index (χ1v) is 9.51. The van der Waals surface area contributed by atoms with E-state index in [0.29, 0.717) is 11.5 Å². The van der Waals surface area contributed by atoms with Gasteiger partial charge in [-0.25, -0.2) is 14.8 Å². The summed E-state index contributed by atoms with van der Waals surface area (Å²) in [6, 6.07) is 8.43. The summed E-state index contributed by atoms with van der Waals surface area (Å²) in [4.78, 5) is 21.7. The average Bonchev–Trinajstić information content (AvgIpc) is 2.73. The number of fused-ring (bicyclic) bond motifs is 1. The fraction of sp³-hybridized carbons (Fsp3) is 0.476. The minimum Gasteiger partial charge on any atom is -0.465 e. The maximum absolute atomic E-state index is 12.3. The summed E-state index contributed by atoms with van der Waals surface area (Å²) < 4.78 is 4.98. The van der Waals surface area contributed by atoms with Crippen molar-refractivity contribution in [1.82, 2.24) is 15.3 Å². The van der Waals surface area contributed by atoms with Crippen molar-refractivity contribution in [3.63, 3.8) is 0 Å². The highest BCUT2D eigenvalue weighted by atomic mass is 16.5. The second kappa shape index (κ2) is 7.54.